The summed E-state index contributed by atoms with van der Waals surface area (Å²) in [5.74, 6) is 1.04. The van der Waals surface area contributed by atoms with Crippen LogP contribution in [0.5, 0.6) is 5.75 Å². The van der Waals surface area contributed by atoms with E-state index in [2.05, 4.69) is 34.1 Å². The van der Waals surface area contributed by atoms with E-state index in [4.69, 9.17) is 4.74 Å². The zero-order valence-electron chi connectivity index (χ0n) is 17.8. The van der Waals surface area contributed by atoms with E-state index in [1.807, 2.05) is 6.92 Å². The van der Waals surface area contributed by atoms with Gasteiger partial charge in [-0.15, -0.1) is 11.3 Å². The first-order valence-corrected chi connectivity index (χ1v) is 10.7. The highest BCUT2D eigenvalue weighted by molar-refractivity contribution is 7.13. The van der Waals surface area contributed by atoms with Crippen LogP contribution in [0.3, 0.4) is 0 Å². The molecule has 0 atom stereocenters. The second-order valence-electron chi connectivity index (χ2n) is 7.36. The largest absolute Gasteiger partial charge is 0.493 e. The highest BCUT2D eigenvalue weighted by atomic mass is 32.1. The molecule has 2 N–H and O–H groups in total. The number of anilines is 1. The molecule has 0 fully saturated rings. The molecular weight excluding hydrogens is 400 g/mol. The minimum atomic E-state index is -0.276. The Balaban J connectivity index is 1.96. The number of rotatable bonds is 7. The Kier molecular flexibility index (Phi) is 6.66. The van der Waals surface area contributed by atoms with Gasteiger partial charge in [0.15, 0.2) is 5.01 Å². The molecule has 0 spiro atoms. The van der Waals surface area contributed by atoms with E-state index in [1.165, 1.54) is 11.3 Å². The van der Waals surface area contributed by atoms with Gasteiger partial charge in [-0.3, -0.25) is 9.59 Å². The molecule has 0 aliphatic rings. The Labute approximate surface area is 179 Å². The van der Waals surface area contributed by atoms with E-state index in [0.29, 0.717) is 51.6 Å². The Morgan fingerprint density at radius 1 is 1.30 bits per heavy atom. The summed E-state index contributed by atoms with van der Waals surface area (Å²) in [6, 6.07) is 5.30. The van der Waals surface area contributed by atoms with Crippen LogP contribution in [0.15, 0.2) is 29.2 Å². The molecule has 3 rings (SSSR count). The van der Waals surface area contributed by atoms with Crippen molar-refractivity contribution >= 4 is 22.9 Å². The van der Waals surface area contributed by atoms with E-state index in [0.717, 1.165) is 11.3 Å². The average molecular weight is 427 g/mol. The van der Waals surface area contributed by atoms with Crippen LogP contribution in [-0.4, -0.2) is 27.5 Å². The van der Waals surface area contributed by atoms with Crippen molar-refractivity contribution in [2.45, 2.75) is 47.0 Å². The molecule has 8 heteroatoms. The molecule has 0 bridgehead atoms. The molecule has 158 valence electrons. The van der Waals surface area contributed by atoms with Crippen molar-refractivity contribution in [2.75, 3.05) is 11.9 Å². The van der Waals surface area contributed by atoms with Gasteiger partial charge in [-0.25, -0.2) is 9.97 Å². The van der Waals surface area contributed by atoms with Gasteiger partial charge in [0.2, 0.25) is 0 Å². The fourth-order valence-corrected chi connectivity index (χ4v) is 3.56. The first-order valence-electron chi connectivity index (χ1n) is 9.92. The summed E-state index contributed by atoms with van der Waals surface area (Å²) in [6.07, 6.45) is 2.58. The number of hydrogen-bond acceptors (Lipinski definition) is 6. The van der Waals surface area contributed by atoms with E-state index in [9.17, 15) is 9.59 Å². The number of aryl methyl sites for hydroxylation is 1. The zero-order chi connectivity index (χ0) is 21.8. The van der Waals surface area contributed by atoms with E-state index in [1.54, 1.807) is 38.2 Å². The van der Waals surface area contributed by atoms with Crippen molar-refractivity contribution < 1.29 is 9.53 Å². The summed E-state index contributed by atoms with van der Waals surface area (Å²) in [4.78, 5) is 37.5. The van der Waals surface area contributed by atoms with Crippen LogP contribution >= 0.6 is 11.3 Å². The number of thiazole rings is 1. The number of benzene rings is 1. The third kappa shape index (κ3) is 4.76. The van der Waals surface area contributed by atoms with Crippen molar-refractivity contribution in [3.63, 3.8) is 0 Å². The average Bonchev–Trinajstić information content (AvgIpc) is 3.21. The summed E-state index contributed by atoms with van der Waals surface area (Å²) in [5, 5.41) is 3.28. The van der Waals surface area contributed by atoms with Crippen molar-refractivity contribution in [1.82, 2.24) is 15.0 Å². The Morgan fingerprint density at radius 3 is 2.70 bits per heavy atom. The standard InChI is InChI=1S/C22H26N4O3S/c1-6-9-29-17-8-7-15(25-21(28)22-23-11-18(30-22)12(2)3)10-16(17)19-24-14(5)13(4)20(27)26-19/h7-8,10-12H,6,9H2,1-5H3,(H,25,28)(H,24,26,27). The maximum Gasteiger partial charge on any atom is 0.284 e. The maximum absolute atomic E-state index is 12.6. The van der Waals surface area contributed by atoms with Crippen molar-refractivity contribution in [3.8, 4) is 17.1 Å². The van der Waals surface area contributed by atoms with Crippen LogP contribution in [0.1, 0.15) is 59.0 Å². The predicted octanol–water partition coefficient (Wildman–Crippen LogP) is 4.67. The van der Waals surface area contributed by atoms with Crippen molar-refractivity contribution in [2.24, 2.45) is 0 Å². The molecule has 7 nitrogen and oxygen atoms in total. The molecule has 0 radical (unpaired) electrons. The van der Waals surface area contributed by atoms with Crippen LogP contribution in [0, 0.1) is 13.8 Å². The number of carbonyl (C=O) groups is 1. The summed E-state index contributed by atoms with van der Waals surface area (Å²) in [5.41, 5.74) is 2.21. The van der Waals surface area contributed by atoms with Gasteiger partial charge in [-0.05, 0) is 44.4 Å². The second-order valence-corrected chi connectivity index (χ2v) is 8.42. The van der Waals surface area contributed by atoms with Crippen LogP contribution < -0.4 is 15.6 Å². The van der Waals surface area contributed by atoms with Gasteiger partial charge in [0.05, 0.1) is 12.2 Å². The number of aromatic amines is 1. The summed E-state index contributed by atoms with van der Waals surface area (Å²) >= 11 is 1.38. The van der Waals surface area contributed by atoms with E-state index < -0.39 is 0 Å². The highest BCUT2D eigenvalue weighted by Gasteiger charge is 2.16. The SMILES string of the molecule is CCCOc1ccc(NC(=O)c2ncc(C(C)C)s2)cc1-c1nc(C)c(C)c(=O)[nH]1. The molecule has 2 heterocycles. The second kappa shape index (κ2) is 9.21. The van der Waals surface area contributed by atoms with Crippen LogP contribution in [0.4, 0.5) is 5.69 Å². The fraction of sp³-hybridized carbons (Fsp3) is 0.364. The lowest BCUT2D eigenvalue weighted by Crippen LogP contribution is -2.15. The normalized spacial score (nSPS) is 11.0. The van der Waals surface area contributed by atoms with E-state index >= 15 is 0 Å². The fourth-order valence-electron chi connectivity index (χ4n) is 2.75. The maximum atomic E-state index is 12.6. The van der Waals surface area contributed by atoms with Gasteiger partial charge in [0.1, 0.15) is 11.6 Å². The van der Waals surface area contributed by atoms with Crippen LogP contribution in [-0.2, 0) is 0 Å². The molecule has 2 aromatic heterocycles. The molecule has 0 aliphatic heterocycles. The lowest BCUT2D eigenvalue weighted by atomic mass is 10.1. The summed E-state index contributed by atoms with van der Waals surface area (Å²) in [6.45, 7) is 10.2. The molecule has 30 heavy (non-hydrogen) atoms. The first kappa shape index (κ1) is 21.7. The highest BCUT2D eigenvalue weighted by Crippen LogP contribution is 2.31. The molecule has 0 saturated carbocycles. The minimum Gasteiger partial charge on any atom is -0.493 e. The van der Waals surface area contributed by atoms with Gasteiger partial charge in [-0.1, -0.05) is 20.8 Å². The molecular formula is C22H26N4O3S. The third-order valence-electron chi connectivity index (χ3n) is 4.64. The van der Waals surface area contributed by atoms with Crippen LogP contribution in [0.2, 0.25) is 0 Å². The monoisotopic (exact) mass is 426 g/mol. The van der Waals surface area contributed by atoms with Crippen molar-refractivity contribution in [1.29, 1.82) is 0 Å². The van der Waals surface area contributed by atoms with Gasteiger partial charge in [0, 0.05) is 28.0 Å². The molecule has 3 aromatic rings. The smallest absolute Gasteiger partial charge is 0.284 e. The predicted molar refractivity (Wildman–Crippen MR) is 120 cm³/mol. The van der Waals surface area contributed by atoms with Gasteiger partial charge < -0.3 is 15.0 Å². The van der Waals surface area contributed by atoms with Crippen LogP contribution in [0.25, 0.3) is 11.4 Å². The number of H-pyrrole nitrogens is 1. The quantitative estimate of drug-likeness (QED) is 0.572. The minimum absolute atomic E-state index is 0.197. The Morgan fingerprint density at radius 2 is 2.07 bits per heavy atom. The van der Waals surface area contributed by atoms with Crippen molar-refractivity contribution in [3.05, 3.63) is 55.9 Å². The molecule has 0 saturated heterocycles. The number of nitrogens with one attached hydrogen (secondary N) is 2. The topological polar surface area (TPSA) is 97.0 Å². The lowest BCUT2D eigenvalue weighted by molar-refractivity contribution is 0.102. The summed E-state index contributed by atoms with van der Waals surface area (Å²) < 4.78 is 5.84. The first-order chi connectivity index (χ1) is 14.3. The number of hydrogen-bond donors (Lipinski definition) is 2. The molecule has 0 unspecified atom stereocenters. The van der Waals surface area contributed by atoms with E-state index in [-0.39, 0.29) is 11.5 Å². The molecule has 0 aliphatic carbocycles. The molecule has 1 amide bonds. The zero-order valence-corrected chi connectivity index (χ0v) is 18.6. The number of ether oxygens (including phenoxy) is 1. The summed E-state index contributed by atoms with van der Waals surface area (Å²) in [7, 11) is 0. The number of aromatic nitrogens is 3. The van der Waals surface area contributed by atoms with Gasteiger partial charge in [-0.2, -0.15) is 0 Å². The lowest BCUT2D eigenvalue weighted by Gasteiger charge is -2.13. The number of carbonyl (C=O) groups excluding carboxylic acids is 1. The Hall–Kier alpha value is -3.00. The molecule has 1 aromatic carbocycles. The Bertz CT molecular complexity index is 1120. The number of amides is 1. The number of nitrogens with zero attached hydrogens (tertiary/aromatic N) is 2. The van der Waals surface area contributed by atoms with Gasteiger partial charge >= 0.3 is 0 Å². The van der Waals surface area contributed by atoms with Gasteiger partial charge in [0.25, 0.3) is 11.5 Å². The third-order valence-corrected chi connectivity index (χ3v) is 5.93.